The topological polar surface area (TPSA) is 49.4 Å². The molecule has 4 nitrogen and oxygen atoms in total. The fourth-order valence-electron chi connectivity index (χ4n) is 2.75. The molecule has 0 fully saturated rings. The largest absolute Gasteiger partial charge is 0.550 e. The van der Waals surface area contributed by atoms with Crippen molar-refractivity contribution in [2.24, 2.45) is 0 Å². The van der Waals surface area contributed by atoms with Crippen molar-refractivity contribution in [1.29, 1.82) is 0 Å². The van der Waals surface area contributed by atoms with E-state index in [9.17, 15) is 9.90 Å². The highest BCUT2D eigenvalue weighted by atomic mass is 16.7. The summed E-state index contributed by atoms with van der Waals surface area (Å²) in [6, 6.07) is 0. The van der Waals surface area contributed by atoms with Gasteiger partial charge in [0, 0.05) is 5.97 Å². The van der Waals surface area contributed by atoms with Gasteiger partial charge < -0.3 is 9.90 Å². The van der Waals surface area contributed by atoms with Crippen molar-refractivity contribution < 1.29 is 19.4 Å². The summed E-state index contributed by atoms with van der Waals surface area (Å²) >= 11 is 0. The molecule has 0 saturated heterocycles. The fourth-order valence-corrected chi connectivity index (χ4v) is 2.75. The predicted octanol–water partition coefficient (Wildman–Crippen LogP) is 4.86. The highest BCUT2D eigenvalue weighted by Gasteiger charge is 2.20. The summed E-state index contributed by atoms with van der Waals surface area (Å²) in [6.07, 6.45) is 16.5. The van der Waals surface area contributed by atoms with Crippen LogP contribution >= 0.6 is 0 Å². The maximum atomic E-state index is 9.26. The minimum atomic E-state index is -0.995. The molecule has 0 atom stereocenters. The SMILES string of the molecule is CCC(=O)[O-].CCCCCCCC[N+](C)(CCCCCCCC)OC. The van der Waals surface area contributed by atoms with E-state index in [0.29, 0.717) is 0 Å². The third-order valence-corrected chi connectivity index (χ3v) is 4.70. The lowest BCUT2D eigenvalue weighted by Gasteiger charge is -2.30. The van der Waals surface area contributed by atoms with Crippen molar-refractivity contribution in [3.8, 4) is 0 Å². The lowest BCUT2D eigenvalue weighted by molar-refractivity contribution is -1.09. The Balaban J connectivity index is 0. The maximum Gasteiger partial charge on any atom is 0.109 e. The van der Waals surface area contributed by atoms with Gasteiger partial charge in [0.2, 0.25) is 0 Å². The molecule has 0 aromatic carbocycles. The lowest BCUT2D eigenvalue weighted by atomic mass is 10.1. The van der Waals surface area contributed by atoms with Crippen LogP contribution in [0.2, 0.25) is 0 Å². The molecule has 0 aromatic heterocycles. The number of hydrogen-bond donors (Lipinski definition) is 0. The van der Waals surface area contributed by atoms with Gasteiger partial charge in [-0.3, -0.25) is 0 Å². The number of carboxylic acids is 1. The zero-order valence-corrected chi connectivity index (χ0v) is 17.8. The second kappa shape index (κ2) is 19.7. The molecule has 0 unspecified atom stereocenters. The summed E-state index contributed by atoms with van der Waals surface area (Å²) in [5.74, 6) is -0.995. The van der Waals surface area contributed by atoms with Crippen LogP contribution in [0.15, 0.2) is 0 Å². The number of nitrogens with zero attached hydrogens (tertiary/aromatic N) is 1. The standard InChI is InChI=1S/C18H40NO.C3H6O2/c1-5-7-9-11-13-15-17-19(3,20-4)18-16-14-12-10-8-6-2;1-2-3(4)5/h5-18H2,1-4H3;2H2,1H3,(H,4,5)/q+1;/p-1. The normalized spacial score (nSPS) is 11.1. The summed E-state index contributed by atoms with van der Waals surface area (Å²) in [4.78, 5) is 15.0. The molecule has 0 aliphatic heterocycles. The van der Waals surface area contributed by atoms with Gasteiger partial charge in [-0.15, -0.1) is 0 Å². The number of rotatable bonds is 16. The van der Waals surface area contributed by atoms with E-state index in [2.05, 4.69) is 20.9 Å². The van der Waals surface area contributed by atoms with Gasteiger partial charge >= 0.3 is 0 Å². The number of quaternary nitrogens is 1. The van der Waals surface area contributed by atoms with Crippen LogP contribution in [0.25, 0.3) is 0 Å². The smallest absolute Gasteiger partial charge is 0.109 e. The van der Waals surface area contributed by atoms with Gasteiger partial charge in [0.1, 0.15) is 13.1 Å². The van der Waals surface area contributed by atoms with E-state index in [4.69, 9.17) is 4.84 Å². The highest BCUT2D eigenvalue weighted by molar-refractivity contribution is 5.63. The average Bonchev–Trinajstić information content (AvgIpc) is 2.61. The van der Waals surface area contributed by atoms with Crippen LogP contribution in [-0.4, -0.2) is 37.9 Å². The first-order valence-corrected chi connectivity index (χ1v) is 10.6. The summed E-state index contributed by atoms with van der Waals surface area (Å²) < 4.78 is 0.807. The van der Waals surface area contributed by atoms with Gasteiger partial charge in [0.05, 0.1) is 14.2 Å². The van der Waals surface area contributed by atoms with E-state index >= 15 is 0 Å². The second-order valence-corrected chi connectivity index (χ2v) is 7.19. The minimum Gasteiger partial charge on any atom is -0.550 e. The quantitative estimate of drug-likeness (QED) is 0.225. The first-order valence-electron chi connectivity index (χ1n) is 10.6. The summed E-state index contributed by atoms with van der Waals surface area (Å²) in [5, 5.41) is 9.26. The first-order chi connectivity index (χ1) is 12.0. The first kappa shape index (κ1) is 26.6. The van der Waals surface area contributed by atoms with Crippen LogP contribution in [0.1, 0.15) is 104 Å². The number of aliphatic carboxylic acids is 1. The molecule has 0 aliphatic carbocycles. The lowest BCUT2D eigenvalue weighted by Crippen LogP contribution is -2.44. The van der Waals surface area contributed by atoms with E-state index < -0.39 is 5.97 Å². The summed E-state index contributed by atoms with van der Waals surface area (Å²) in [7, 11) is 4.12. The van der Waals surface area contributed by atoms with Crippen molar-refractivity contribution in [1.82, 2.24) is 0 Å². The highest BCUT2D eigenvalue weighted by Crippen LogP contribution is 2.13. The Bertz CT molecular complexity index is 266. The zero-order valence-electron chi connectivity index (χ0n) is 17.8. The van der Waals surface area contributed by atoms with Gasteiger partial charge in [0.15, 0.2) is 0 Å². The van der Waals surface area contributed by atoms with Crippen LogP contribution in [0, 0.1) is 0 Å². The van der Waals surface area contributed by atoms with Gasteiger partial charge in [0.25, 0.3) is 0 Å². The van der Waals surface area contributed by atoms with Crippen molar-refractivity contribution in [2.45, 2.75) is 104 Å². The van der Waals surface area contributed by atoms with Crippen LogP contribution < -0.4 is 5.11 Å². The van der Waals surface area contributed by atoms with Gasteiger partial charge in [-0.2, -0.15) is 4.65 Å². The molecule has 152 valence electrons. The number of hydrogen-bond acceptors (Lipinski definition) is 3. The molecule has 0 spiro atoms. The third kappa shape index (κ3) is 21.3. The van der Waals surface area contributed by atoms with E-state index in [-0.39, 0.29) is 6.42 Å². The number of carbonyl (C=O) groups is 1. The van der Waals surface area contributed by atoms with Crippen LogP contribution in [-0.2, 0) is 9.63 Å². The van der Waals surface area contributed by atoms with Crippen molar-refractivity contribution in [3.05, 3.63) is 0 Å². The van der Waals surface area contributed by atoms with E-state index in [1.807, 2.05) is 7.11 Å². The molecule has 0 bridgehead atoms. The number of hydroxylamine groups is 3. The molecule has 25 heavy (non-hydrogen) atoms. The Morgan fingerprint density at radius 3 is 1.36 bits per heavy atom. The molecule has 0 N–H and O–H groups in total. The molecular weight excluding hydrogens is 314 g/mol. The van der Waals surface area contributed by atoms with Gasteiger partial charge in [-0.25, -0.2) is 4.84 Å². The molecule has 0 saturated carbocycles. The Morgan fingerprint density at radius 1 is 0.760 bits per heavy atom. The Hall–Kier alpha value is -0.610. The van der Waals surface area contributed by atoms with E-state index in [0.717, 1.165) is 4.65 Å². The second-order valence-electron chi connectivity index (χ2n) is 7.19. The zero-order chi connectivity index (χ0) is 19.4. The molecule has 0 aliphatic rings. The van der Waals surface area contributed by atoms with E-state index in [1.54, 1.807) is 0 Å². The van der Waals surface area contributed by atoms with Crippen molar-refractivity contribution in [3.63, 3.8) is 0 Å². The van der Waals surface area contributed by atoms with E-state index in [1.165, 1.54) is 97.1 Å². The van der Waals surface area contributed by atoms with Crippen LogP contribution in [0.4, 0.5) is 0 Å². The average molecular weight is 360 g/mol. The molecular formula is C21H45NO3. The summed E-state index contributed by atoms with van der Waals surface area (Å²) in [6.45, 7) is 8.45. The molecule has 0 radical (unpaired) electrons. The number of unbranched alkanes of at least 4 members (excludes halogenated alkanes) is 10. The minimum absolute atomic E-state index is 0.111. The molecule has 0 rings (SSSR count). The van der Waals surface area contributed by atoms with Crippen LogP contribution in [0.5, 0.6) is 0 Å². The molecule has 0 amide bonds. The third-order valence-electron chi connectivity index (χ3n) is 4.70. The van der Waals surface area contributed by atoms with Crippen LogP contribution in [0.3, 0.4) is 0 Å². The maximum absolute atomic E-state index is 9.26. The molecule has 0 aromatic rings. The number of carbonyl (C=O) groups excluding carboxylic acids is 1. The Kier molecular flexibility index (Phi) is 21.0. The van der Waals surface area contributed by atoms with Crippen molar-refractivity contribution >= 4 is 5.97 Å². The van der Waals surface area contributed by atoms with Gasteiger partial charge in [-0.05, 0) is 32.1 Å². The van der Waals surface area contributed by atoms with Crippen molar-refractivity contribution in [2.75, 3.05) is 27.2 Å². The molecule has 4 heteroatoms. The molecule has 0 heterocycles. The summed E-state index contributed by atoms with van der Waals surface area (Å²) in [5.41, 5.74) is 0. The number of carboxylic acid groups (broad SMARTS) is 1. The monoisotopic (exact) mass is 359 g/mol. The van der Waals surface area contributed by atoms with Gasteiger partial charge in [-0.1, -0.05) is 72.1 Å². The Morgan fingerprint density at radius 2 is 1.08 bits per heavy atom. The Labute approximate surface area is 157 Å². The fraction of sp³-hybridized carbons (Fsp3) is 0.952. The predicted molar refractivity (Wildman–Crippen MR) is 105 cm³/mol.